The summed E-state index contributed by atoms with van der Waals surface area (Å²) in [5.74, 6) is 0.966. The molecule has 3 aliphatic rings. The van der Waals surface area contributed by atoms with E-state index in [1.54, 1.807) is 0 Å². The molecular weight excluding hydrogens is 212 g/mol. The molecule has 2 unspecified atom stereocenters. The second-order valence-corrected chi connectivity index (χ2v) is 6.29. The van der Waals surface area contributed by atoms with Crippen LogP contribution in [0.1, 0.15) is 44.9 Å². The fourth-order valence-corrected chi connectivity index (χ4v) is 4.52. The largest absolute Gasteiger partial charge is 0.381 e. The number of nitrogens with zero attached hydrogens (tertiary/aromatic N) is 1. The van der Waals surface area contributed by atoms with E-state index < -0.39 is 0 Å². The molecule has 1 heterocycles. The number of fused-ring (bicyclic) bond motifs is 1. The van der Waals surface area contributed by atoms with Gasteiger partial charge in [0.1, 0.15) is 0 Å². The van der Waals surface area contributed by atoms with Gasteiger partial charge in [-0.15, -0.1) is 0 Å². The molecule has 1 aliphatic heterocycles. The van der Waals surface area contributed by atoms with E-state index >= 15 is 0 Å². The Morgan fingerprint density at radius 2 is 2.00 bits per heavy atom. The molecule has 0 spiro atoms. The third-order valence-electron chi connectivity index (χ3n) is 5.53. The molecule has 3 heteroatoms. The van der Waals surface area contributed by atoms with Gasteiger partial charge >= 0.3 is 0 Å². The highest BCUT2D eigenvalue weighted by molar-refractivity contribution is 5.08. The number of nitrogens with two attached hydrogens (primary N) is 1. The van der Waals surface area contributed by atoms with Gasteiger partial charge in [0.25, 0.3) is 0 Å². The highest BCUT2D eigenvalue weighted by Gasteiger charge is 2.52. The van der Waals surface area contributed by atoms with E-state index in [9.17, 15) is 0 Å². The van der Waals surface area contributed by atoms with Crippen molar-refractivity contribution in [2.45, 2.75) is 62.6 Å². The van der Waals surface area contributed by atoms with Crippen LogP contribution < -0.4 is 5.73 Å². The Kier molecular flexibility index (Phi) is 3.18. The van der Waals surface area contributed by atoms with E-state index in [4.69, 9.17) is 10.5 Å². The minimum atomic E-state index is 0.286. The molecule has 2 aliphatic carbocycles. The van der Waals surface area contributed by atoms with Crippen molar-refractivity contribution in [2.24, 2.45) is 11.7 Å². The summed E-state index contributed by atoms with van der Waals surface area (Å²) in [7, 11) is 1.83. The quantitative estimate of drug-likeness (QED) is 0.814. The minimum absolute atomic E-state index is 0.286. The number of rotatable bonds is 3. The second-order valence-electron chi connectivity index (χ2n) is 6.29. The smallest absolute Gasteiger partial charge is 0.0607 e. The average molecular weight is 238 g/mol. The molecule has 98 valence electrons. The predicted octanol–water partition coefficient (Wildman–Crippen LogP) is 1.76. The Bertz CT molecular complexity index is 275. The molecule has 17 heavy (non-hydrogen) atoms. The van der Waals surface area contributed by atoms with Gasteiger partial charge in [-0.3, -0.25) is 4.90 Å². The van der Waals surface area contributed by atoms with Crippen LogP contribution in [0.15, 0.2) is 0 Å². The van der Waals surface area contributed by atoms with Crippen molar-refractivity contribution >= 4 is 0 Å². The Morgan fingerprint density at radius 1 is 1.24 bits per heavy atom. The molecule has 3 fully saturated rings. The Hall–Kier alpha value is -0.120. The van der Waals surface area contributed by atoms with Crippen LogP contribution in [0.25, 0.3) is 0 Å². The molecule has 0 radical (unpaired) electrons. The van der Waals surface area contributed by atoms with Crippen LogP contribution in [0, 0.1) is 5.92 Å². The van der Waals surface area contributed by atoms with Crippen LogP contribution in [0.5, 0.6) is 0 Å². The van der Waals surface area contributed by atoms with Crippen molar-refractivity contribution < 1.29 is 4.74 Å². The number of hydrogen-bond acceptors (Lipinski definition) is 3. The molecule has 0 bridgehead atoms. The van der Waals surface area contributed by atoms with Gasteiger partial charge in [-0.2, -0.15) is 0 Å². The van der Waals surface area contributed by atoms with Crippen LogP contribution >= 0.6 is 0 Å². The van der Waals surface area contributed by atoms with E-state index in [2.05, 4.69) is 4.90 Å². The molecule has 2 saturated carbocycles. The number of likely N-dealkylation sites (tertiary alicyclic amines) is 1. The maximum atomic E-state index is 6.10. The number of ether oxygens (including phenoxy) is 1. The van der Waals surface area contributed by atoms with Crippen LogP contribution in [-0.4, -0.2) is 42.8 Å². The molecule has 3 rings (SSSR count). The van der Waals surface area contributed by atoms with E-state index in [-0.39, 0.29) is 5.54 Å². The topological polar surface area (TPSA) is 38.5 Å². The first-order valence-corrected chi connectivity index (χ1v) is 7.29. The van der Waals surface area contributed by atoms with Crippen molar-refractivity contribution in [2.75, 3.05) is 20.2 Å². The molecule has 1 saturated heterocycles. The van der Waals surface area contributed by atoms with Gasteiger partial charge in [0.05, 0.1) is 6.10 Å². The zero-order valence-corrected chi connectivity index (χ0v) is 11.0. The van der Waals surface area contributed by atoms with Gasteiger partial charge in [0, 0.05) is 25.2 Å². The summed E-state index contributed by atoms with van der Waals surface area (Å²) in [6.45, 7) is 2.09. The van der Waals surface area contributed by atoms with Gasteiger partial charge in [-0.1, -0.05) is 6.42 Å². The van der Waals surface area contributed by atoms with E-state index in [1.165, 1.54) is 38.6 Å². The fourth-order valence-electron chi connectivity index (χ4n) is 4.52. The third-order valence-corrected chi connectivity index (χ3v) is 5.53. The van der Waals surface area contributed by atoms with Gasteiger partial charge < -0.3 is 10.5 Å². The zero-order valence-electron chi connectivity index (χ0n) is 11.0. The molecule has 2 N–H and O–H groups in total. The van der Waals surface area contributed by atoms with Crippen LogP contribution in [-0.2, 0) is 4.74 Å². The van der Waals surface area contributed by atoms with Crippen molar-refractivity contribution in [3.8, 4) is 0 Å². The lowest BCUT2D eigenvalue weighted by atomic mass is 9.70. The first kappa shape index (κ1) is 11.9. The molecule has 2 atom stereocenters. The molecular formula is C14H26N2O. The van der Waals surface area contributed by atoms with Crippen molar-refractivity contribution in [3.63, 3.8) is 0 Å². The molecule has 0 aromatic carbocycles. The summed E-state index contributed by atoms with van der Waals surface area (Å²) in [5, 5.41) is 0. The first-order valence-electron chi connectivity index (χ1n) is 7.29. The summed E-state index contributed by atoms with van der Waals surface area (Å²) >= 11 is 0. The summed E-state index contributed by atoms with van der Waals surface area (Å²) in [4.78, 5) is 2.78. The number of hydrogen-bond donors (Lipinski definition) is 1. The summed E-state index contributed by atoms with van der Waals surface area (Å²) in [5.41, 5.74) is 6.39. The lowest BCUT2D eigenvalue weighted by molar-refractivity contribution is -0.116. The maximum absolute atomic E-state index is 6.10. The number of methoxy groups -OCH3 is 1. The van der Waals surface area contributed by atoms with E-state index in [1.807, 2.05) is 7.11 Å². The fraction of sp³-hybridized carbons (Fsp3) is 1.00. The van der Waals surface area contributed by atoms with Gasteiger partial charge in [0.15, 0.2) is 0 Å². The van der Waals surface area contributed by atoms with Crippen molar-refractivity contribution in [1.29, 1.82) is 0 Å². The van der Waals surface area contributed by atoms with Gasteiger partial charge in [-0.05, 0) is 51.0 Å². The van der Waals surface area contributed by atoms with Crippen LogP contribution in [0.4, 0.5) is 0 Å². The van der Waals surface area contributed by atoms with E-state index in [0.717, 1.165) is 31.3 Å². The highest BCUT2D eigenvalue weighted by atomic mass is 16.5. The lowest BCUT2D eigenvalue weighted by Crippen LogP contribution is -2.67. The molecule has 3 nitrogen and oxygen atoms in total. The second kappa shape index (κ2) is 4.52. The normalized spacial score (nSPS) is 46.6. The van der Waals surface area contributed by atoms with E-state index in [0.29, 0.717) is 6.10 Å². The molecule has 0 amide bonds. The first-order chi connectivity index (χ1) is 8.29. The van der Waals surface area contributed by atoms with Crippen molar-refractivity contribution in [1.82, 2.24) is 4.90 Å². The maximum Gasteiger partial charge on any atom is 0.0607 e. The Balaban J connectivity index is 1.73. The predicted molar refractivity (Wildman–Crippen MR) is 68.9 cm³/mol. The summed E-state index contributed by atoms with van der Waals surface area (Å²) < 4.78 is 5.46. The SMILES string of the molecule is COC1CC(CN)(N2CCCC3CCCC32)C1. The zero-order chi connectivity index (χ0) is 11.9. The van der Waals surface area contributed by atoms with Gasteiger partial charge in [-0.25, -0.2) is 0 Å². The molecule has 0 aromatic rings. The summed E-state index contributed by atoms with van der Waals surface area (Å²) in [6.07, 6.45) is 9.89. The van der Waals surface area contributed by atoms with Crippen LogP contribution in [0.3, 0.4) is 0 Å². The lowest BCUT2D eigenvalue weighted by Gasteiger charge is -2.57. The highest BCUT2D eigenvalue weighted by Crippen LogP contribution is 2.46. The Labute approximate surface area is 105 Å². The minimum Gasteiger partial charge on any atom is -0.381 e. The summed E-state index contributed by atoms with van der Waals surface area (Å²) in [6, 6.07) is 0.838. The standard InChI is InChI=1S/C14H26N2O/c1-17-12-8-14(9-12,10-15)16-7-3-5-11-4-2-6-13(11)16/h11-13H,2-10,15H2,1H3. The third kappa shape index (κ3) is 1.83. The average Bonchev–Trinajstić information content (AvgIpc) is 2.77. The van der Waals surface area contributed by atoms with Crippen molar-refractivity contribution in [3.05, 3.63) is 0 Å². The molecule has 0 aromatic heterocycles. The van der Waals surface area contributed by atoms with Gasteiger partial charge in [0.2, 0.25) is 0 Å². The monoisotopic (exact) mass is 238 g/mol. The van der Waals surface area contributed by atoms with Crippen LogP contribution in [0.2, 0.25) is 0 Å². The Morgan fingerprint density at radius 3 is 2.71 bits per heavy atom. The number of piperidine rings is 1.